The van der Waals surface area contributed by atoms with Gasteiger partial charge in [-0.05, 0) is 0 Å². The Hall–Kier alpha value is -1.84. The molecule has 0 spiro atoms. The van der Waals surface area contributed by atoms with Crippen molar-refractivity contribution < 1.29 is 0 Å². The van der Waals surface area contributed by atoms with Gasteiger partial charge in [0.25, 0.3) is 0 Å². The number of hydrogen-bond donors (Lipinski definition) is 0. The molecule has 0 saturated heterocycles. The number of hydrogen-bond acceptors (Lipinski definition) is 3. The molecule has 0 amide bonds. The Bertz CT molecular complexity index is 540. The molecule has 78 valence electrons. The second-order valence-electron chi connectivity index (χ2n) is 3.63. The third kappa shape index (κ3) is 1.83. The molecule has 4 nitrogen and oxygen atoms in total. The van der Waals surface area contributed by atoms with E-state index >= 15 is 0 Å². The van der Waals surface area contributed by atoms with E-state index in [4.69, 9.17) is 0 Å². The van der Waals surface area contributed by atoms with E-state index in [-0.39, 0.29) is 0 Å². The number of nitrogens with zero attached hydrogens (tertiary/aromatic N) is 4. The lowest BCUT2D eigenvalue weighted by atomic mass is 10.2. The van der Waals surface area contributed by atoms with Gasteiger partial charge in [-0.1, -0.05) is 24.3 Å². The van der Waals surface area contributed by atoms with Gasteiger partial charge in [0.05, 0.1) is 6.20 Å². The molecular weight excluding hydrogens is 188 g/mol. The number of aryl methyl sites for hydroxylation is 1. The molecule has 15 heavy (non-hydrogen) atoms. The normalized spacial score (nSPS) is 12.1. The average Bonchev–Trinajstić information content (AvgIpc) is 2.22. The fourth-order valence-corrected chi connectivity index (χ4v) is 1.50. The minimum absolute atomic E-state index is 0.873. The van der Waals surface area contributed by atoms with Gasteiger partial charge < -0.3 is 5.01 Å². The molecule has 2 rings (SSSR count). The topological polar surface area (TPSA) is 33.4 Å². The summed E-state index contributed by atoms with van der Waals surface area (Å²) in [6, 6.07) is 8.11. The molecular formula is C11H14N4. The van der Waals surface area contributed by atoms with Crippen LogP contribution in [-0.2, 0) is 7.05 Å². The Morgan fingerprint density at radius 2 is 2.00 bits per heavy atom. The van der Waals surface area contributed by atoms with E-state index in [1.807, 2.05) is 45.5 Å². The van der Waals surface area contributed by atoms with Crippen LogP contribution in [0.1, 0.15) is 0 Å². The van der Waals surface area contributed by atoms with Crippen molar-refractivity contribution in [3.05, 3.63) is 36.0 Å². The van der Waals surface area contributed by atoms with Crippen molar-refractivity contribution in [2.24, 2.45) is 12.1 Å². The maximum Gasteiger partial charge on any atom is 0.176 e. The molecule has 0 atom stereocenters. The number of aromatic nitrogens is 2. The van der Waals surface area contributed by atoms with Crippen LogP contribution in [0, 0.1) is 0 Å². The summed E-state index contributed by atoms with van der Waals surface area (Å²) in [5.74, 6) is 0. The lowest BCUT2D eigenvalue weighted by Gasteiger charge is -2.07. The molecule has 0 N–H and O–H groups in total. The van der Waals surface area contributed by atoms with Gasteiger partial charge in [-0.15, -0.1) is 0 Å². The van der Waals surface area contributed by atoms with Gasteiger partial charge in [0.15, 0.2) is 5.49 Å². The van der Waals surface area contributed by atoms with Gasteiger partial charge >= 0.3 is 0 Å². The van der Waals surface area contributed by atoms with Crippen molar-refractivity contribution in [2.45, 2.75) is 0 Å². The first-order chi connectivity index (χ1) is 7.18. The van der Waals surface area contributed by atoms with Crippen molar-refractivity contribution in [1.82, 2.24) is 14.8 Å². The third-order valence-electron chi connectivity index (χ3n) is 2.17. The van der Waals surface area contributed by atoms with Crippen LogP contribution in [-0.4, -0.2) is 28.9 Å². The molecule has 0 radical (unpaired) electrons. The highest BCUT2D eigenvalue weighted by atomic mass is 15.4. The fourth-order valence-electron chi connectivity index (χ4n) is 1.50. The standard InChI is InChI=1S/C11H14N4/c1-14(2)13-11-10-7-5-4-6-9(10)8-12-15(11)3/h4-8H,1-3H3/b13-11-. The molecule has 0 aliphatic carbocycles. The number of rotatable bonds is 1. The minimum atomic E-state index is 0.873. The Labute approximate surface area is 88.5 Å². The molecule has 0 aliphatic rings. The van der Waals surface area contributed by atoms with Crippen LogP contribution in [0.25, 0.3) is 10.8 Å². The summed E-state index contributed by atoms with van der Waals surface area (Å²) in [6.45, 7) is 0. The van der Waals surface area contributed by atoms with Gasteiger partial charge in [0.1, 0.15) is 0 Å². The Kier molecular flexibility index (Phi) is 2.41. The predicted molar refractivity (Wildman–Crippen MR) is 60.0 cm³/mol. The maximum atomic E-state index is 4.42. The van der Waals surface area contributed by atoms with E-state index in [9.17, 15) is 0 Å². The van der Waals surface area contributed by atoms with Gasteiger partial charge in [0.2, 0.25) is 0 Å². The summed E-state index contributed by atoms with van der Waals surface area (Å²) < 4.78 is 1.78. The maximum absolute atomic E-state index is 4.42. The van der Waals surface area contributed by atoms with E-state index in [1.165, 1.54) is 0 Å². The van der Waals surface area contributed by atoms with E-state index in [0.717, 1.165) is 16.3 Å². The summed E-state index contributed by atoms with van der Waals surface area (Å²) >= 11 is 0. The quantitative estimate of drug-likeness (QED) is 0.645. The van der Waals surface area contributed by atoms with Gasteiger partial charge in [-0.25, -0.2) is 4.68 Å². The largest absolute Gasteiger partial charge is 0.301 e. The molecule has 0 saturated carbocycles. The molecule has 2 aromatic rings. The summed E-state index contributed by atoms with van der Waals surface area (Å²) in [5, 5.41) is 12.7. The van der Waals surface area contributed by atoms with Crippen LogP contribution in [0.3, 0.4) is 0 Å². The SMILES string of the molecule is CN(C)/N=c1/c2ccccc2cnn1C. The zero-order chi connectivity index (χ0) is 10.8. The zero-order valence-corrected chi connectivity index (χ0v) is 9.18. The Morgan fingerprint density at radius 1 is 1.27 bits per heavy atom. The zero-order valence-electron chi connectivity index (χ0n) is 9.18. The number of fused-ring (bicyclic) bond motifs is 1. The smallest absolute Gasteiger partial charge is 0.176 e. The summed E-state index contributed by atoms with van der Waals surface area (Å²) in [4.78, 5) is 0. The van der Waals surface area contributed by atoms with Crippen molar-refractivity contribution in [1.29, 1.82) is 0 Å². The molecule has 0 unspecified atom stereocenters. The van der Waals surface area contributed by atoms with Crippen LogP contribution < -0.4 is 5.49 Å². The first-order valence-electron chi connectivity index (χ1n) is 4.81. The second-order valence-corrected chi connectivity index (χ2v) is 3.63. The monoisotopic (exact) mass is 202 g/mol. The lowest BCUT2D eigenvalue weighted by molar-refractivity contribution is 0.410. The highest BCUT2D eigenvalue weighted by molar-refractivity contribution is 5.80. The number of benzene rings is 1. The predicted octanol–water partition coefficient (Wildman–Crippen LogP) is 0.951. The highest BCUT2D eigenvalue weighted by Crippen LogP contribution is 2.06. The molecule has 0 fully saturated rings. The molecule has 0 bridgehead atoms. The van der Waals surface area contributed by atoms with Crippen LogP contribution in [0.15, 0.2) is 35.6 Å². The van der Waals surface area contributed by atoms with E-state index in [1.54, 1.807) is 9.69 Å². The van der Waals surface area contributed by atoms with Gasteiger partial charge in [-0.2, -0.15) is 10.2 Å². The first kappa shape index (κ1) is 9.71. The van der Waals surface area contributed by atoms with Gasteiger partial charge in [-0.3, -0.25) is 0 Å². The molecule has 1 heterocycles. The van der Waals surface area contributed by atoms with Gasteiger partial charge in [0, 0.05) is 31.9 Å². The molecule has 0 aliphatic heterocycles. The van der Waals surface area contributed by atoms with E-state index in [0.29, 0.717) is 0 Å². The first-order valence-corrected chi connectivity index (χ1v) is 4.81. The van der Waals surface area contributed by atoms with Crippen molar-refractivity contribution in [3.63, 3.8) is 0 Å². The minimum Gasteiger partial charge on any atom is -0.301 e. The Morgan fingerprint density at radius 3 is 2.73 bits per heavy atom. The highest BCUT2D eigenvalue weighted by Gasteiger charge is 1.98. The molecule has 4 heteroatoms. The Balaban J connectivity index is 2.86. The molecule has 1 aromatic heterocycles. The molecule has 1 aromatic carbocycles. The fraction of sp³-hybridized carbons (Fsp3) is 0.273. The van der Waals surface area contributed by atoms with Crippen LogP contribution in [0.2, 0.25) is 0 Å². The van der Waals surface area contributed by atoms with Crippen LogP contribution in [0.4, 0.5) is 0 Å². The van der Waals surface area contributed by atoms with E-state index < -0.39 is 0 Å². The summed E-state index contributed by atoms with van der Waals surface area (Å²) in [5.41, 5.74) is 0.873. The average molecular weight is 202 g/mol. The lowest BCUT2D eigenvalue weighted by Crippen LogP contribution is -2.24. The van der Waals surface area contributed by atoms with Crippen molar-refractivity contribution in [3.8, 4) is 0 Å². The van der Waals surface area contributed by atoms with Crippen molar-refractivity contribution in [2.75, 3.05) is 14.1 Å². The van der Waals surface area contributed by atoms with Crippen molar-refractivity contribution >= 4 is 10.8 Å². The summed E-state index contributed by atoms with van der Waals surface area (Å²) in [7, 11) is 5.71. The summed E-state index contributed by atoms with van der Waals surface area (Å²) in [6.07, 6.45) is 1.85. The van der Waals surface area contributed by atoms with E-state index in [2.05, 4.69) is 16.3 Å². The van der Waals surface area contributed by atoms with Crippen LogP contribution in [0.5, 0.6) is 0 Å². The second kappa shape index (κ2) is 3.73. The van der Waals surface area contributed by atoms with Crippen LogP contribution >= 0.6 is 0 Å². The third-order valence-corrected chi connectivity index (χ3v) is 2.17.